The highest BCUT2D eigenvalue weighted by Gasteiger charge is 2.10. The van der Waals surface area contributed by atoms with Crippen LogP contribution in [0.3, 0.4) is 0 Å². The summed E-state index contributed by atoms with van der Waals surface area (Å²) in [4.78, 5) is 2.36. The predicted octanol–water partition coefficient (Wildman–Crippen LogP) is 1.60. The van der Waals surface area contributed by atoms with E-state index in [1.165, 1.54) is 0 Å². The average Bonchev–Trinajstić information content (AvgIpc) is 2.37. The Bertz CT molecular complexity index is 401. The summed E-state index contributed by atoms with van der Waals surface area (Å²) in [5.74, 6) is 0.895. The molecule has 0 amide bonds. The minimum atomic E-state index is 0.698. The van der Waals surface area contributed by atoms with Crippen molar-refractivity contribution in [2.75, 3.05) is 45.2 Å². The van der Waals surface area contributed by atoms with Crippen LogP contribution in [-0.4, -0.2) is 44.4 Å². The molecule has 100 valence electrons. The van der Waals surface area contributed by atoms with Gasteiger partial charge < -0.3 is 15.2 Å². The van der Waals surface area contributed by atoms with Crippen LogP contribution in [0, 0.1) is 13.8 Å². The lowest BCUT2D eigenvalue weighted by molar-refractivity contribution is 0.0322. The fourth-order valence-electron chi connectivity index (χ4n) is 2.11. The van der Waals surface area contributed by atoms with Crippen molar-refractivity contribution in [2.45, 2.75) is 13.8 Å². The molecule has 0 atom stereocenters. The molecule has 0 radical (unpaired) electrons. The molecule has 0 aromatic heterocycles. The molecule has 0 spiro atoms. The second-order valence-corrected chi connectivity index (χ2v) is 4.78. The molecule has 1 aliphatic heterocycles. The summed E-state index contributed by atoms with van der Waals surface area (Å²) in [6.45, 7) is 9.36. The van der Waals surface area contributed by atoms with Crippen molar-refractivity contribution in [3.05, 3.63) is 23.3 Å². The molecule has 1 aliphatic rings. The predicted molar refractivity (Wildman–Crippen MR) is 73.1 cm³/mol. The van der Waals surface area contributed by atoms with Crippen molar-refractivity contribution in [2.24, 2.45) is 0 Å². The fraction of sp³-hybridized carbons (Fsp3) is 0.571. The van der Waals surface area contributed by atoms with Crippen molar-refractivity contribution >= 4 is 5.69 Å². The molecule has 4 heteroatoms. The summed E-state index contributed by atoms with van der Waals surface area (Å²) < 4.78 is 11.1. The second kappa shape index (κ2) is 6.07. The lowest BCUT2D eigenvalue weighted by Gasteiger charge is -2.26. The van der Waals surface area contributed by atoms with Crippen molar-refractivity contribution in [1.82, 2.24) is 4.90 Å². The largest absolute Gasteiger partial charge is 0.492 e. The first-order chi connectivity index (χ1) is 8.66. The Hall–Kier alpha value is -1.26. The number of hydrogen-bond donors (Lipinski definition) is 1. The van der Waals surface area contributed by atoms with Crippen LogP contribution >= 0.6 is 0 Å². The maximum absolute atomic E-state index is 5.90. The standard InChI is InChI=1S/C14H22N2O2/c1-11-9-12(2)14(10-13(11)15)18-8-5-16-3-6-17-7-4-16/h9-10H,3-8,15H2,1-2H3. The normalized spacial score (nSPS) is 16.8. The van der Waals surface area contributed by atoms with Crippen LogP contribution in [-0.2, 0) is 4.74 Å². The molecule has 0 bridgehead atoms. The molecule has 1 saturated heterocycles. The van der Waals surface area contributed by atoms with Gasteiger partial charge in [0.15, 0.2) is 0 Å². The smallest absolute Gasteiger partial charge is 0.124 e. The van der Waals surface area contributed by atoms with Crippen molar-refractivity contribution in [3.8, 4) is 5.75 Å². The molecule has 4 nitrogen and oxygen atoms in total. The molecule has 0 unspecified atom stereocenters. The molecule has 1 aromatic rings. The molecular weight excluding hydrogens is 228 g/mol. The molecule has 1 fully saturated rings. The Labute approximate surface area is 109 Å². The van der Waals surface area contributed by atoms with Crippen LogP contribution in [0.5, 0.6) is 5.75 Å². The van der Waals surface area contributed by atoms with Crippen LogP contribution < -0.4 is 10.5 Å². The lowest BCUT2D eigenvalue weighted by atomic mass is 10.1. The molecule has 1 heterocycles. The first-order valence-electron chi connectivity index (χ1n) is 6.46. The number of aryl methyl sites for hydroxylation is 2. The first kappa shape index (κ1) is 13.2. The zero-order valence-corrected chi connectivity index (χ0v) is 11.2. The molecule has 2 N–H and O–H groups in total. The van der Waals surface area contributed by atoms with E-state index in [0.29, 0.717) is 6.61 Å². The third-order valence-corrected chi connectivity index (χ3v) is 3.33. The van der Waals surface area contributed by atoms with Gasteiger partial charge in [-0.2, -0.15) is 0 Å². The second-order valence-electron chi connectivity index (χ2n) is 4.78. The van der Waals surface area contributed by atoms with Gasteiger partial charge in [0.2, 0.25) is 0 Å². The number of morpholine rings is 1. The first-order valence-corrected chi connectivity index (χ1v) is 6.46. The molecular formula is C14H22N2O2. The Kier molecular flexibility index (Phi) is 4.44. The fourth-order valence-corrected chi connectivity index (χ4v) is 2.11. The Morgan fingerprint density at radius 1 is 1.22 bits per heavy atom. The van der Waals surface area contributed by atoms with Gasteiger partial charge in [-0.3, -0.25) is 4.90 Å². The number of nitrogens with two attached hydrogens (primary N) is 1. The van der Waals surface area contributed by atoms with Gasteiger partial charge in [0.25, 0.3) is 0 Å². The van der Waals surface area contributed by atoms with Crippen molar-refractivity contribution < 1.29 is 9.47 Å². The Balaban J connectivity index is 1.84. The number of rotatable bonds is 4. The number of nitrogens with zero attached hydrogens (tertiary/aromatic N) is 1. The summed E-state index contributed by atoms with van der Waals surface area (Å²) in [6.07, 6.45) is 0. The maximum atomic E-state index is 5.90. The lowest BCUT2D eigenvalue weighted by Crippen LogP contribution is -2.38. The van der Waals surface area contributed by atoms with Gasteiger partial charge in [-0.15, -0.1) is 0 Å². The number of ether oxygens (including phenoxy) is 2. The van der Waals surface area contributed by atoms with Crippen LogP contribution in [0.15, 0.2) is 12.1 Å². The van der Waals surface area contributed by atoms with E-state index in [0.717, 1.165) is 55.4 Å². The third-order valence-electron chi connectivity index (χ3n) is 3.33. The van der Waals surface area contributed by atoms with Gasteiger partial charge in [0.05, 0.1) is 13.2 Å². The van der Waals surface area contributed by atoms with E-state index >= 15 is 0 Å². The van der Waals surface area contributed by atoms with E-state index in [1.807, 2.05) is 13.0 Å². The minimum Gasteiger partial charge on any atom is -0.492 e. The monoisotopic (exact) mass is 250 g/mol. The molecule has 1 aromatic carbocycles. The summed E-state index contributed by atoms with van der Waals surface area (Å²) in [6, 6.07) is 3.99. The summed E-state index contributed by atoms with van der Waals surface area (Å²) in [7, 11) is 0. The van der Waals surface area contributed by atoms with E-state index in [2.05, 4.69) is 17.9 Å². The number of benzene rings is 1. The van der Waals surface area contributed by atoms with E-state index in [4.69, 9.17) is 15.2 Å². The third kappa shape index (κ3) is 3.37. The quantitative estimate of drug-likeness (QED) is 0.825. The molecule has 18 heavy (non-hydrogen) atoms. The number of hydrogen-bond acceptors (Lipinski definition) is 4. The van der Waals surface area contributed by atoms with Gasteiger partial charge >= 0.3 is 0 Å². The molecule has 2 rings (SSSR count). The van der Waals surface area contributed by atoms with Gasteiger partial charge in [-0.1, -0.05) is 6.07 Å². The molecule has 0 saturated carbocycles. The topological polar surface area (TPSA) is 47.7 Å². The summed E-state index contributed by atoms with van der Waals surface area (Å²) in [5.41, 5.74) is 8.94. The van der Waals surface area contributed by atoms with Gasteiger partial charge in [0, 0.05) is 31.4 Å². The number of nitrogen functional groups attached to an aromatic ring is 1. The van der Waals surface area contributed by atoms with E-state index < -0.39 is 0 Å². The Morgan fingerprint density at radius 3 is 2.67 bits per heavy atom. The highest BCUT2D eigenvalue weighted by Crippen LogP contribution is 2.24. The van der Waals surface area contributed by atoms with Crippen LogP contribution in [0.2, 0.25) is 0 Å². The van der Waals surface area contributed by atoms with Gasteiger partial charge in [0.1, 0.15) is 12.4 Å². The molecule has 0 aliphatic carbocycles. The highest BCUT2D eigenvalue weighted by atomic mass is 16.5. The van der Waals surface area contributed by atoms with Gasteiger partial charge in [-0.05, 0) is 25.0 Å². The van der Waals surface area contributed by atoms with E-state index in [1.54, 1.807) is 0 Å². The highest BCUT2D eigenvalue weighted by molar-refractivity contribution is 5.54. The van der Waals surface area contributed by atoms with E-state index in [9.17, 15) is 0 Å². The van der Waals surface area contributed by atoms with Crippen LogP contribution in [0.25, 0.3) is 0 Å². The van der Waals surface area contributed by atoms with Crippen LogP contribution in [0.4, 0.5) is 5.69 Å². The summed E-state index contributed by atoms with van der Waals surface area (Å²) >= 11 is 0. The summed E-state index contributed by atoms with van der Waals surface area (Å²) in [5, 5.41) is 0. The zero-order chi connectivity index (χ0) is 13.0. The SMILES string of the molecule is Cc1cc(C)c(OCCN2CCOCC2)cc1N. The number of anilines is 1. The van der Waals surface area contributed by atoms with Crippen molar-refractivity contribution in [3.63, 3.8) is 0 Å². The van der Waals surface area contributed by atoms with E-state index in [-0.39, 0.29) is 0 Å². The maximum Gasteiger partial charge on any atom is 0.124 e. The van der Waals surface area contributed by atoms with Crippen molar-refractivity contribution in [1.29, 1.82) is 0 Å². The van der Waals surface area contributed by atoms with Crippen LogP contribution in [0.1, 0.15) is 11.1 Å². The average molecular weight is 250 g/mol. The zero-order valence-electron chi connectivity index (χ0n) is 11.2. The van der Waals surface area contributed by atoms with Gasteiger partial charge in [-0.25, -0.2) is 0 Å². The Morgan fingerprint density at radius 2 is 1.94 bits per heavy atom. The minimum absolute atomic E-state index is 0.698.